The molecule has 0 aliphatic carbocycles. The van der Waals surface area contributed by atoms with Crippen LogP contribution in [0, 0.1) is 5.92 Å². The molecule has 0 amide bonds. The van der Waals surface area contributed by atoms with Gasteiger partial charge in [0.05, 0.1) is 6.10 Å². The van der Waals surface area contributed by atoms with Crippen LogP contribution in [0.4, 0.5) is 0 Å². The van der Waals surface area contributed by atoms with E-state index < -0.39 is 0 Å². The lowest BCUT2D eigenvalue weighted by atomic mass is 9.99. The van der Waals surface area contributed by atoms with Gasteiger partial charge in [-0.2, -0.15) is 0 Å². The molecular weight excluding hydrogens is 234 g/mol. The Hall–Kier alpha value is -0.860. The molecule has 2 heteroatoms. The maximum Gasteiger partial charge on any atom is 0.0949 e. The van der Waals surface area contributed by atoms with Crippen LogP contribution in [0.1, 0.15) is 57.3 Å². The summed E-state index contributed by atoms with van der Waals surface area (Å²) >= 11 is 0. The predicted octanol–water partition coefficient (Wildman–Crippen LogP) is 3.89. The Morgan fingerprint density at radius 1 is 1.11 bits per heavy atom. The molecule has 0 radical (unpaired) electrons. The molecule has 2 atom stereocenters. The second-order valence-corrected chi connectivity index (χ2v) is 6.23. The van der Waals surface area contributed by atoms with Gasteiger partial charge in [0.2, 0.25) is 0 Å². The first kappa shape index (κ1) is 14.5. The first-order chi connectivity index (χ1) is 9.08. The van der Waals surface area contributed by atoms with Crippen molar-refractivity contribution in [3.8, 4) is 0 Å². The molecule has 1 aromatic rings. The summed E-state index contributed by atoms with van der Waals surface area (Å²) in [6.07, 6.45) is 1.31. The summed E-state index contributed by atoms with van der Waals surface area (Å²) in [6.45, 7) is 10.8. The van der Waals surface area contributed by atoms with Gasteiger partial charge in [-0.25, -0.2) is 0 Å². The van der Waals surface area contributed by atoms with Crippen molar-refractivity contribution in [1.29, 1.82) is 0 Å². The highest BCUT2D eigenvalue weighted by molar-refractivity contribution is 5.26. The van der Waals surface area contributed by atoms with E-state index >= 15 is 0 Å². The van der Waals surface area contributed by atoms with Crippen molar-refractivity contribution in [2.75, 3.05) is 13.2 Å². The Bertz CT molecular complexity index is 383. The fourth-order valence-corrected chi connectivity index (χ4v) is 2.64. The topological polar surface area (TPSA) is 21.3 Å². The van der Waals surface area contributed by atoms with E-state index in [1.807, 2.05) is 0 Å². The van der Waals surface area contributed by atoms with Crippen LogP contribution in [0.5, 0.6) is 0 Å². The normalized spacial score (nSPS) is 24.7. The first-order valence-corrected chi connectivity index (χ1v) is 7.52. The summed E-state index contributed by atoms with van der Waals surface area (Å²) in [5, 5.41) is 3.64. The third-order valence-electron chi connectivity index (χ3n) is 4.09. The summed E-state index contributed by atoms with van der Waals surface area (Å²) < 4.78 is 6.01. The zero-order valence-corrected chi connectivity index (χ0v) is 12.6. The second kappa shape index (κ2) is 6.53. The van der Waals surface area contributed by atoms with E-state index in [0.29, 0.717) is 17.9 Å². The van der Waals surface area contributed by atoms with Gasteiger partial charge in [0.1, 0.15) is 0 Å². The highest BCUT2D eigenvalue weighted by Crippen LogP contribution is 2.23. The van der Waals surface area contributed by atoms with Gasteiger partial charge < -0.3 is 10.1 Å². The number of hydrogen-bond donors (Lipinski definition) is 1. The van der Waals surface area contributed by atoms with Crippen molar-refractivity contribution in [2.45, 2.75) is 52.2 Å². The number of nitrogens with one attached hydrogen (secondary N) is 1. The van der Waals surface area contributed by atoms with Gasteiger partial charge >= 0.3 is 0 Å². The van der Waals surface area contributed by atoms with Crippen molar-refractivity contribution in [1.82, 2.24) is 5.32 Å². The van der Waals surface area contributed by atoms with Gasteiger partial charge in [-0.1, -0.05) is 52.0 Å². The van der Waals surface area contributed by atoms with Crippen LogP contribution in [0.15, 0.2) is 24.3 Å². The minimum atomic E-state index is 0.199. The minimum Gasteiger partial charge on any atom is -0.372 e. The van der Waals surface area contributed by atoms with E-state index in [1.54, 1.807) is 0 Å². The third-order valence-corrected chi connectivity index (χ3v) is 4.09. The van der Waals surface area contributed by atoms with Crippen LogP contribution >= 0.6 is 0 Å². The standard InChI is InChI=1S/C17H27NO/c1-12(2)14-5-7-15(8-6-14)17-11-18-16(13(3)4)9-10-19-17/h5-8,12-13,16-18H,9-11H2,1-4H3. The van der Waals surface area contributed by atoms with Crippen molar-refractivity contribution < 1.29 is 4.74 Å². The molecule has 2 rings (SSSR count). The zero-order chi connectivity index (χ0) is 13.8. The molecule has 1 aliphatic heterocycles. The maximum atomic E-state index is 6.01. The lowest BCUT2D eigenvalue weighted by molar-refractivity contribution is 0.0660. The van der Waals surface area contributed by atoms with Gasteiger partial charge in [-0.3, -0.25) is 0 Å². The Labute approximate surface area is 117 Å². The van der Waals surface area contributed by atoms with Crippen LogP contribution in [0.2, 0.25) is 0 Å². The molecule has 1 aliphatic rings. The number of benzene rings is 1. The van der Waals surface area contributed by atoms with Crippen LogP contribution in [-0.2, 0) is 4.74 Å². The Kier molecular flexibility index (Phi) is 5.00. The molecule has 1 heterocycles. The molecule has 0 bridgehead atoms. The summed E-state index contributed by atoms with van der Waals surface area (Å²) in [4.78, 5) is 0. The van der Waals surface area contributed by atoms with Gasteiger partial charge in [-0.05, 0) is 29.4 Å². The lowest BCUT2D eigenvalue weighted by Gasteiger charge is -2.20. The Morgan fingerprint density at radius 3 is 2.37 bits per heavy atom. The van der Waals surface area contributed by atoms with Crippen molar-refractivity contribution >= 4 is 0 Å². The molecule has 0 aromatic heterocycles. The highest BCUT2D eigenvalue weighted by atomic mass is 16.5. The number of ether oxygens (including phenoxy) is 1. The van der Waals surface area contributed by atoms with Crippen molar-refractivity contribution in [3.63, 3.8) is 0 Å². The summed E-state index contributed by atoms with van der Waals surface area (Å²) in [6, 6.07) is 9.48. The van der Waals surface area contributed by atoms with Crippen molar-refractivity contribution in [3.05, 3.63) is 35.4 Å². The zero-order valence-electron chi connectivity index (χ0n) is 12.6. The van der Waals surface area contributed by atoms with Crippen molar-refractivity contribution in [2.24, 2.45) is 5.92 Å². The average Bonchev–Trinajstić information content (AvgIpc) is 2.64. The van der Waals surface area contributed by atoms with Crippen LogP contribution in [0.3, 0.4) is 0 Å². The summed E-state index contributed by atoms with van der Waals surface area (Å²) in [5.74, 6) is 1.26. The quantitative estimate of drug-likeness (QED) is 0.891. The molecular formula is C17H27NO. The fraction of sp³-hybridized carbons (Fsp3) is 0.647. The summed E-state index contributed by atoms with van der Waals surface area (Å²) in [7, 11) is 0. The molecule has 0 saturated carbocycles. The van der Waals surface area contributed by atoms with Gasteiger partial charge in [0.15, 0.2) is 0 Å². The van der Waals surface area contributed by atoms with E-state index in [4.69, 9.17) is 4.74 Å². The molecule has 1 fully saturated rings. The third kappa shape index (κ3) is 3.80. The number of rotatable bonds is 3. The van der Waals surface area contributed by atoms with Crippen LogP contribution < -0.4 is 5.32 Å². The average molecular weight is 261 g/mol. The second-order valence-electron chi connectivity index (χ2n) is 6.23. The molecule has 1 saturated heterocycles. The molecule has 2 nitrogen and oxygen atoms in total. The van der Waals surface area contributed by atoms with E-state index in [-0.39, 0.29) is 6.10 Å². The van der Waals surface area contributed by atoms with Crippen LogP contribution in [-0.4, -0.2) is 19.2 Å². The largest absolute Gasteiger partial charge is 0.372 e. The molecule has 106 valence electrons. The van der Waals surface area contributed by atoms with Gasteiger partial charge in [0, 0.05) is 19.2 Å². The first-order valence-electron chi connectivity index (χ1n) is 7.52. The molecule has 1 aromatic carbocycles. The fourth-order valence-electron chi connectivity index (χ4n) is 2.64. The number of hydrogen-bond acceptors (Lipinski definition) is 2. The Morgan fingerprint density at radius 2 is 1.79 bits per heavy atom. The summed E-state index contributed by atoms with van der Waals surface area (Å²) in [5.41, 5.74) is 2.69. The predicted molar refractivity (Wildman–Crippen MR) is 80.5 cm³/mol. The van der Waals surface area contributed by atoms with Crippen LogP contribution in [0.25, 0.3) is 0 Å². The Balaban J connectivity index is 2.01. The molecule has 1 N–H and O–H groups in total. The molecule has 0 spiro atoms. The minimum absolute atomic E-state index is 0.199. The smallest absolute Gasteiger partial charge is 0.0949 e. The van der Waals surface area contributed by atoms with Gasteiger partial charge in [-0.15, -0.1) is 0 Å². The maximum absolute atomic E-state index is 6.01. The van der Waals surface area contributed by atoms with E-state index in [1.165, 1.54) is 11.1 Å². The lowest BCUT2D eigenvalue weighted by Crippen LogP contribution is -2.34. The SMILES string of the molecule is CC(C)c1ccc(C2CNC(C(C)C)CCO2)cc1. The highest BCUT2D eigenvalue weighted by Gasteiger charge is 2.21. The molecule has 2 unspecified atom stereocenters. The van der Waals surface area contributed by atoms with E-state index in [2.05, 4.69) is 57.3 Å². The van der Waals surface area contributed by atoms with E-state index in [0.717, 1.165) is 19.6 Å². The molecule has 19 heavy (non-hydrogen) atoms. The monoisotopic (exact) mass is 261 g/mol. The van der Waals surface area contributed by atoms with E-state index in [9.17, 15) is 0 Å². The van der Waals surface area contributed by atoms with Gasteiger partial charge in [0.25, 0.3) is 0 Å².